The molecule has 0 atom stereocenters. The van der Waals surface area contributed by atoms with Gasteiger partial charge in [-0.25, -0.2) is 0 Å². The number of hydrogen-bond donors (Lipinski definition) is 1. The van der Waals surface area contributed by atoms with Gasteiger partial charge in [-0.05, 0) is 25.0 Å². The third kappa shape index (κ3) is 5.43. The second-order valence-electron chi connectivity index (χ2n) is 5.48. The van der Waals surface area contributed by atoms with Gasteiger partial charge in [-0.2, -0.15) is 0 Å². The minimum Gasteiger partial charge on any atom is -0.350 e. The van der Waals surface area contributed by atoms with E-state index in [2.05, 4.69) is 19.2 Å². The summed E-state index contributed by atoms with van der Waals surface area (Å²) in [7, 11) is 0. The molecule has 1 N–H and O–H groups in total. The lowest BCUT2D eigenvalue weighted by molar-refractivity contribution is -0.129. The smallest absolute Gasteiger partial charge is 0.251 e. The predicted octanol–water partition coefficient (Wildman–Crippen LogP) is 2.23. The standard InChI is InChI=1S/C16H24N2O2/c1-12(2)11-18(14(4)19)10-9-17-16(20)15-7-5-13(3)6-8-15/h5-8,12H,9-11H2,1-4H3,(H,17,20). The summed E-state index contributed by atoms with van der Waals surface area (Å²) in [5.41, 5.74) is 1.77. The quantitative estimate of drug-likeness (QED) is 0.866. The average Bonchev–Trinajstić information content (AvgIpc) is 2.37. The Morgan fingerprint density at radius 3 is 2.30 bits per heavy atom. The van der Waals surface area contributed by atoms with Crippen molar-refractivity contribution in [3.63, 3.8) is 0 Å². The topological polar surface area (TPSA) is 49.4 Å². The van der Waals surface area contributed by atoms with Crippen LogP contribution in [0.15, 0.2) is 24.3 Å². The minimum atomic E-state index is -0.0990. The highest BCUT2D eigenvalue weighted by molar-refractivity contribution is 5.94. The van der Waals surface area contributed by atoms with Crippen molar-refractivity contribution >= 4 is 11.8 Å². The van der Waals surface area contributed by atoms with Gasteiger partial charge in [0.25, 0.3) is 5.91 Å². The highest BCUT2D eigenvalue weighted by Crippen LogP contribution is 2.03. The van der Waals surface area contributed by atoms with Crippen LogP contribution in [0.1, 0.15) is 36.7 Å². The average molecular weight is 276 g/mol. The van der Waals surface area contributed by atoms with Crippen LogP contribution < -0.4 is 5.32 Å². The normalized spacial score (nSPS) is 10.4. The molecule has 0 radical (unpaired) electrons. The highest BCUT2D eigenvalue weighted by atomic mass is 16.2. The summed E-state index contributed by atoms with van der Waals surface area (Å²) < 4.78 is 0. The van der Waals surface area contributed by atoms with Crippen LogP contribution in [0.4, 0.5) is 0 Å². The zero-order chi connectivity index (χ0) is 15.1. The monoisotopic (exact) mass is 276 g/mol. The molecule has 0 unspecified atom stereocenters. The molecule has 0 spiro atoms. The second-order valence-corrected chi connectivity index (χ2v) is 5.48. The Hall–Kier alpha value is -1.84. The maximum Gasteiger partial charge on any atom is 0.251 e. The Labute approximate surface area is 121 Å². The van der Waals surface area contributed by atoms with Gasteiger partial charge in [0, 0.05) is 32.1 Å². The van der Waals surface area contributed by atoms with Crippen molar-refractivity contribution in [1.82, 2.24) is 10.2 Å². The molecule has 0 saturated heterocycles. The fraction of sp³-hybridized carbons (Fsp3) is 0.500. The van der Waals surface area contributed by atoms with E-state index in [9.17, 15) is 9.59 Å². The zero-order valence-electron chi connectivity index (χ0n) is 12.8. The molecule has 20 heavy (non-hydrogen) atoms. The van der Waals surface area contributed by atoms with Crippen LogP contribution in [-0.4, -0.2) is 36.3 Å². The first-order chi connectivity index (χ1) is 9.40. The third-order valence-electron chi connectivity index (χ3n) is 3.01. The van der Waals surface area contributed by atoms with E-state index in [1.807, 2.05) is 31.2 Å². The van der Waals surface area contributed by atoms with Crippen molar-refractivity contribution < 1.29 is 9.59 Å². The lowest BCUT2D eigenvalue weighted by atomic mass is 10.1. The van der Waals surface area contributed by atoms with Gasteiger partial charge in [0.2, 0.25) is 5.91 Å². The van der Waals surface area contributed by atoms with Crippen molar-refractivity contribution in [2.75, 3.05) is 19.6 Å². The molecule has 0 aromatic heterocycles. The van der Waals surface area contributed by atoms with Gasteiger partial charge >= 0.3 is 0 Å². The molecule has 0 saturated carbocycles. The van der Waals surface area contributed by atoms with Crippen LogP contribution in [0.5, 0.6) is 0 Å². The Kier molecular flexibility index (Phi) is 6.22. The molecule has 0 heterocycles. The summed E-state index contributed by atoms with van der Waals surface area (Å²) in [6, 6.07) is 7.44. The van der Waals surface area contributed by atoms with Crippen molar-refractivity contribution in [2.45, 2.75) is 27.7 Å². The van der Waals surface area contributed by atoms with E-state index in [0.29, 0.717) is 24.6 Å². The first-order valence-electron chi connectivity index (χ1n) is 7.00. The fourth-order valence-corrected chi connectivity index (χ4v) is 1.93. The van der Waals surface area contributed by atoms with Crippen LogP contribution >= 0.6 is 0 Å². The summed E-state index contributed by atoms with van der Waals surface area (Å²) in [5.74, 6) is 0.369. The Morgan fingerprint density at radius 1 is 1.20 bits per heavy atom. The molecule has 0 aliphatic carbocycles. The zero-order valence-corrected chi connectivity index (χ0v) is 12.8. The first kappa shape index (κ1) is 16.2. The van der Waals surface area contributed by atoms with Gasteiger partial charge in [0.15, 0.2) is 0 Å². The van der Waals surface area contributed by atoms with E-state index in [1.165, 1.54) is 0 Å². The van der Waals surface area contributed by atoms with Crippen LogP contribution in [0, 0.1) is 12.8 Å². The predicted molar refractivity (Wildman–Crippen MR) is 80.6 cm³/mol. The van der Waals surface area contributed by atoms with Gasteiger partial charge in [-0.15, -0.1) is 0 Å². The number of rotatable bonds is 6. The lowest BCUT2D eigenvalue weighted by Crippen LogP contribution is -2.39. The summed E-state index contributed by atoms with van der Waals surface area (Å²) in [6.45, 7) is 9.42. The summed E-state index contributed by atoms with van der Waals surface area (Å²) in [6.07, 6.45) is 0. The molecule has 110 valence electrons. The maximum atomic E-state index is 11.9. The van der Waals surface area contributed by atoms with E-state index in [0.717, 1.165) is 12.1 Å². The number of carbonyl (C=O) groups is 2. The number of hydrogen-bond acceptors (Lipinski definition) is 2. The van der Waals surface area contributed by atoms with Crippen LogP contribution in [-0.2, 0) is 4.79 Å². The molecule has 0 aliphatic rings. The molecule has 4 heteroatoms. The van der Waals surface area contributed by atoms with Crippen LogP contribution in [0.3, 0.4) is 0 Å². The van der Waals surface area contributed by atoms with E-state index in [4.69, 9.17) is 0 Å². The van der Waals surface area contributed by atoms with Crippen LogP contribution in [0.25, 0.3) is 0 Å². The van der Waals surface area contributed by atoms with E-state index in [1.54, 1.807) is 11.8 Å². The van der Waals surface area contributed by atoms with Gasteiger partial charge < -0.3 is 10.2 Å². The minimum absolute atomic E-state index is 0.0447. The van der Waals surface area contributed by atoms with E-state index >= 15 is 0 Å². The third-order valence-corrected chi connectivity index (χ3v) is 3.01. The molecule has 4 nitrogen and oxygen atoms in total. The number of amides is 2. The summed E-state index contributed by atoms with van der Waals surface area (Å²) in [4.78, 5) is 25.2. The lowest BCUT2D eigenvalue weighted by Gasteiger charge is -2.23. The fourth-order valence-electron chi connectivity index (χ4n) is 1.93. The Balaban J connectivity index is 2.44. The molecule has 1 rings (SSSR count). The van der Waals surface area contributed by atoms with Gasteiger partial charge in [0.05, 0.1) is 0 Å². The number of carbonyl (C=O) groups excluding carboxylic acids is 2. The number of nitrogens with zero attached hydrogens (tertiary/aromatic N) is 1. The first-order valence-corrected chi connectivity index (χ1v) is 7.00. The van der Waals surface area contributed by atoms with Gasteiger partial charge in [-0.1, -0.05) is 31.5 Å². The van der Waals surface area contributed by atoms with E-state index in [-0.39, 0.29) is 11.8 Å². The van der Waals surface area contributed by atoms with Crippen LogP contribution in [0.2, 0.25) is 0 Å². The molecule has 1 aromatic rings. The summed E-state index contributed by atoms with van der Waals surface area (Å²) in [5, 5.41) is 2.84. The SMILES string of the molecule is CC(=O)N(CCNC(=O)c1ccc(C)cc1)CC(C)C. The Bertz CT molecular complexity index is 452. The molecule has 0 aliphatic heterocycles. The van der Waals surface area contributed by atoms with E-state index < -0.39 is 0 Å². The number of aryl methyl sites for hydroxylation is 1. The molecule has 0 fully saturated rings. The Morgan fingerprint density at radius 2 is 1.80 bits per heavy atom. The summed E-state index contributed by atoms with van der Waals surface area (Å²) >= 11 is 0. The molecular formula is C16H24N2O2. The largest absolute Gasteiger partial charge is 0.350 e. The number of benzene rings is 1. The maximum absolute atomic E-state index is 11.9. The van der Waals surface area contributed by atoms with Crippen molar-refractivity contribution in [3.8, 4) is 0 Å². The highest BCUT2D eigenvalue weighted by Gasteiger charge is 2.11. The van der Waals surface area contributed by atoms with Gasteiger partial charge in [-0.3, -0.25) is 9.59 Å². The molecular weight excluding hydrogens is 252 g/mol. The van der Waals surface area contributed by atoms with Crippen molar-refractivity contribution in [1.29, 1.82) is 0 Å². The second kappa shape index (κ2) is 7.68. The number of nitrogens with one attached hydrogen (secondary N) is 1. The van der Waals surface area contributed by atoms with Crippen molar-refractivity contribution in [2.24, 2.45) is 5.92 Å². The molecule has 2 amide bonds. The van der Waals surface area contributed by atoms with Gasteiger partial charge in [0.1, 0.15) is 0 Å². The van der Waals surface area contributed by atoms with Crippen molar-refractivity contribution in [3.05, 3.63) is 35.4 Å². The molecule has 0 bridgehead atoms. The molecule has 1 aromatic carbocycles.